The van der Waals surface area contributed by atoms with Crippen LogP contribution in [-0.2, 0) is 4.79 Å². The van der Waals surface area contributed by atoms with Gasteiger partial charge in [-0.2, -0.15) is 0 Å². The van der Waals surface area contributed by atoms with Gasteiger partial charge in [-0.3, -0.25) is 4.79 Å². The number of aromatic nitrogens is 1. The van der Waals surface area contributed by atoms with Gasteiger partial charge >= 0.3 is 0 Å². The highest BCUT2D eigenvalue weighted by atomic mass is 79.9. The number of anilines is 1. The number of nitrogens with zero attached hydrogens (tertiary/aromatic N) is 1. The average Bonchev–Trinajstić information content (AvgIpc) is 2.76. The Bertz CT molecular complexity index is 600. The van der Waals surface area contributed by atoms with E-state index in [0.29, 0.717) is 16.1 Å². The lowest BCUT2D eigenvalue weighted by atomic mass is 10.3. The van der Waals surface area contributed by atoms with Crippen LogP contribution >= 0.6 is 15.9 Å². The number of rotatable bonds is 4. The minimum Gasteiger partial charge on any atom is -0.484 e. The van der Waals surface area contributed by atoms with Gasteiger partial charge in [0.25, 0.3) is 5.91 Å². The zero-order chi connectivity index (χ0) is 13.8. The van der Waals surface area contributed by atoms with Crippen molar-refractivity contribution < 1.29 is 18.4 Å². The molecule has 2 rings (SSSR count). The topological polar surface area (TPSA) is 64.4 Å². The molecule has 1 heterocycles. The quantitative estimate of drug-likeness (QED) is 0.937. The van der Waals surface area contributed by atoms with E-state index in [9.17, 15) is 9.18 Å². The summed E-state index contributed by atoms with van der Waals surface area (Å²) in [5, 5.41) is 6.09. The number of hydrogen-bond donors (Lipinski definition) is 1. The molecule has 1 aromatic heterocycles. The average molecular weight is 329 g/mol. The third kappa shape index (κ3) is 3.78. The number of nitrogens with one attached hydrogen (secondary N) is 1. The van der Waals surface area contributed by atoms with E-state index in [4.69, 9.17) is 9.26 Å². The maximum absolute atomic E-state index is 13.2. The van der Waals surface area contributed by atoms with Crippen LogP contribution in [0.3, 0.4) is 0 Å². The Hall–Kier alpha value is -1.89. The highest BCUT2D eigenvalue weighted by Crippen LogP contribution is 2.20. The summed E-state index contributed by atoms with van der Waals surface area (Å²) in [7, 11) is 0. The van der Waals surface area contributed by atoms with Crippen molar-refractivity contribution >= 4 is 27.7 Å². The number of halogens is 2. The number of aryl methyl sites for hydroxylation is 1. The maximum atomic E-state index is 13.2. The molecule has 0 bridgehead atoms. The summed E-state index contributed by atoms with van der Waals surface area (Å²) in [6.45, 7) is 1.47. The van der Waals surface area contributed by atoms with Crippen molar-refractivity contribution in [3.8, 4) is 5.75 Å². The van der Waals surface area contributed by atoms with Crippen LogP contribution in [0.15, 0.2) is 33.3 Å². The molecular weight excluding hydrogens is 319 g/mol. The lowest BCUT2D eigenvalue weighted by Gasteiger charge is -2.06. The predicted octanol–water partition coefficient (Wildman–Crippen LogP) is 2.90. The maximum Gasteiger partial charge on any atom is 0.263 e. The summed E-state index contributed by atoms with van der Waals surface area (Å²) in [5.41, 5.74) is 0. The van der Waals surface area contributed by atoms with Gasteiger partial charge in [0.05, 0.1) is 4.47 Å². The van der Waals surface area contributed by atoms with Gasteiger partial charge in [0.15, 0.2) is 12.4 Å². The SMILES string of the molecule is Cc1cc(NC(=O)COc2ccc(Br)c(F)c2)no1. The molecule has 1 N–H and O–H groups in total. The zero-order valence-corrected chi connectivity index (χ0v) is 11.5. The van der Waals surface area contributed by atoms with Gasteiger partial charge in [0.1, 0.15) is 17.3 Å². The fourth-order valence-corrected chi connectivity index (χ4v) is 1.57. The summed E-state index contributed by atoms with van der Waals surface area (Å²) in [6.07, 6.45) is 0. The van der Waals surface area contributed by atoms with E-state index in [1.54, 1.807) is 19.1 Å². The summed E-state index contributed by atoms with van der Waals surface area (Å²) < 4.78 is 23.5. The van der Waals surface area contributed by atoms with Gasteiger partial charge in [-0.25, -0.2) is 4.39 Å². The zero-order valence-electron chi connectivity index (χ0n) is 9.94. The van der Waals surface area contributed by atoms with E-state index in [-0.39, 0.29) is 12.4 Å². The molecule has 0 spiro atoms. The molecule has 1 aromatic carbocycles. The van der Waals surface area contributed by atoms with Crippen LogP contribution in [0.1, 0.15) is 5.76 Å². The van der Waals surface area contributed by atoms with Gasteiger partial charge in [-0.1, -0.05) is 5.16 Å². The van der Waals surface area contributed by atoms with Crippen LogP contribution in [0, 0.1) is 12.7 Å². The number of hydrogen-bond acceptors (Lipinski definition) is 4. The number of carbonyl (C=O) groups excluding carboxylic acids is 1. The first-order valence-electron chi connectivity index (χ1n) is 5.35. The molecule has 100 valence electrons. The summed E-state index contributed by atoms with van der Waals surface area (Å²) >= 11 is 3.03. The third-order valence-corrected chi connectivity index (χ3v) is 2.80. The Labute approximate surface area is 116 Å². The van der Waals surface area contributed by atoms with Gasteiger partial charge in [0.2, 0.25) is 0 Å². The van der Waals surface area contributed by atoms with Gasteiger partial charge < -0.3 is 14.6 Å². The van der Waals surface area contributed by atoms with Crippen LogP contribution in [0.4, 0.5) is 10.2 Å². The molecule has 2 aromatic rings. The predicted molar refractivity (Wildman–Crippen MR) is 69.5 cm³/mol. The molecule has 0 atom stereocenters. The van der Waals surface area contributed by atoms with Crippen molar-refractivity contribution in [1.82, 2.24) is 5.16 Å². The molecule has 0 fully saturated rings. The molecule has 19 heavy (non-hydrogen) atoms. The normalized spacial score (nSPS) is 10.3. The first kappa shape index (κ1) is 13.5. The van der Waals surface area contributed by atoms with Crippen molar-refractivity contribution in [3.63, 3.8) is 0 Å². The van der Waals surface area contributed by atoms with Crippen LogP contribution in [-0.4, -0.2) is 17.7 Å². The van der Waals surface area contributed by atoms with Crippen LogP contribution in [0.25, 0.3) is 0 Å². The molecule has 5 nitrogen and oxygen atoms in total. The standard InChI is InChI=1S/C12H10BrFN2O3/c1-7-4-11(16-19-7)15-12(17)6-18-8-2-3-9(13)10(14)5-8/h2-5H,6H2,1H3,(H,15,16,17). The molecule has 0 radical (unpaired) electrons. The van der Waals surface area contributed by atoms with Gasteiger partial charge in [-0.15, -0.1) is 0 Å². The summed E-state index contributed by atoms with van der Waals surface area (Å²) in [5.74, 6) is 0.313. The monoisotopic (exact) mass is 328 g/mol. The van der Waals surface area contributed by atoms with E-state index < -0.39 is 11.7 Å². The Morgan fingerprint density at radius 2 is 2.32 bits per heavy atom. The van der Waals surface area contributed by atoms with Crippen molar-refractivity contribution in [3.05, 3.63) is 40.3 Å². The second-order valence-electron chi connectivity index (χ2n) is 3.74. The van der Waals surface area contributed by atoms with Crippen LogP contribution in [0.2, 0.25) is 0 Å². The minimum absolute atomic E-state index is 0.243. The van der Waals surface area contributed by atoms with E-state index in [1.807, 2.05) is 0 Å². The fourth-order valence-electron chi connectivity index (χ4n) is 1.32. The number of amides is 1. The van der Waals surface area contributed by atoms with Crippen molar-refractivity contribution in [2.24, 2.45) is 0 Å². The lowest BCUT2D eigenvalue weighted by Crippen LogP contribution is -2.20. The minimum atomic E-state index is -0.454. The first-order valence-corrected chi connectivity index (χ1v) is 6.15. The number of ether oxygens (including phenoxy) is 1. The molecule has 0 saturated heterocycles. The van der Waals surface area contributed by atoms with Crippen molar-refractivity contribution in [1.29, 1.82) is 0 Å². The van der Waals surface area contributed by atoms with Crippen molar-refractivity contribution in [2.45, 2.75) is 6.92 Å². The highest BCUT2D eigenvalue weighted by Gasteiger charge is 2.08. The van der Waals surface area contributed by atoms with Gasteiger partial charge in [-0.05, 0) is 35.0 Å². The highest BCUT2D eigenvalue weighted by molar-refractivity contribution is 9.10. The smallest absolute Gasteiger partial charge is 0.263 e. The molecule has 0 aliphatic heterocycles. The molecule has 0 unspecified atom stereocenters. The molecule has 0 aliphatic rings. The Morgan fingerprint density at radius 1 is 1.53 bits per heavy atom. The first-order chi connectivity index (χ1) is 9.04. The van der Waals surface area contributed by atoms with Crippen molar-refractivity contribution in [2.75, 3.05) is 11.9 Å². The van der Waals surface area contributed by atoms with E-state index in [0.717, 1.165) is 0 Å². The fraction of sp³-hybridized carbons (Fsp3) is 0.167. The summed E-state index contributed by atoms with van der Waals surface area (Å²) in [4.78, 5) is 11.5. The largest absolute Gasteiger partial charge is 0.484 e. The second kappa shape index (κ2) is 5.83. The molecule has 1 amide bonds. The molecular formula is C12H10BrFN2O3. The van der Waals surface area contributed by atoms with E-state index in [2.05, 4.69) is 26.4 Å². The van der Waals surface area contributed by atoms with E-state index >= 15 is 0 Å². The molecule has 0 saturated carbocycles. The summed E-state index contributed by atoms with van der Waals surface area (Å²) in [6, 6.07) is 5.83. The van der Waals surface area contributed by atoms with E-state index in [1.165, 1.54) is 12.1 Å². The van der Waals surface area contributed by atoms with Gasteiger partial charge in [0, 0.05) is 12.1 Å². The number of carbonyl (C=O) groups is 1. The van der Waals surface area contributed by atoms with Crippen LogP contribution in [0.5, 0.6) is 5.75 Å². The Balaban J connectivity index is 1.88. The molecule has 0 aliphatic carbocycles. The van der Waals surface area contributed by atoms with Crippen LogP contribution < -0.4 is 10.1 Å². The number of benzene rings is 1. The second-order valence-corrected chi connectivity index (χ2v) is 4.59. The Morgan fingerprint density at radius 3 is 2.95 bits per heavy atom. The Kier molecular flexibility index (Phi) is 4.16. The lowest BCUT2D eigenvalue weighted by molar-refractivity contribution is -0.118. The molecule has 7 heteroatoms. The third-order valence-electron chi connectivity index (χ3n) is 2.16.